The van der Waals surface area contributed by atoms with E-state index in [2.05, 4.69) is 6.92 Å². The summed E-state index contributed by atoms with van der Waals surface area (Å²) in [4.78, 5) is 0. The largest absolute Gasteiger partial charge is 0.480 e. The van der Waals surface area contributed by atoms with E-state index in [1.54, 1.807) is 0 Å². The molecular weight excluding hydrogens is 331 g/mol. The molecule has 0 rings (SSSR count). The smallest absolute Gasteiger partial charge is 0.428 e. The zero-order valence-electron chi connectivity index (χ0n) is 11.9. The van der Waals surface area contributed by atoms with Crippen LogP contribution in [-0.4, -0.2) is 28.1 Å². The lowest BCUT2D eigenvalue weighted by atomic mass is 10.1. The molecule has 0 fully saturated rings. The highest BCUT2D eigenvalue weighted by Gasteiger charge is 2.40. The van der Waals surface area contributed by atoms with E-state index >= 15 is 0 Å². The molecule has 0 aliphatic carbocycles. The first-order valence-corrected chi connectivity index (χ1v) is 9.85. The summed E-state index contributed by atoms with van der Waals surface area (Å²) in [6, 6.07) is 0. The third kappa shape index (κ3) is 9.30. The number of rotatable bonds is 11. The van der Waals surface area contributed by atoms with Crippen LogP contribution in [0.2, 0.25) is 0 Å². The van der Waals surface area contributed by atoms with Gasteiger partial charge in [0.2, 0.25) is 0 Å². The van der Waals surface area contributed by atoms with Crippen molar-refractivity contribution in [3.05, 3.63) is 4.13 Å². The quantitative estimate of drug-likeness (QED) is 0.531. The summed E-state index contributed by atoms with van der Waals surface area (Å²) < 4.78 is 81.7. The molecule has 0 aromatic heterocycles. The van der Waals surface area contributed by atoms with E-state index in [0.29, 0.717) is 6.42 Å². The monoisotopic (exact) mass is 352 g/mol. The van der Waals surface area contributed by atoms with Crippen LogP contribution in [0.5, 0.6) is 0 Å². The zero-order chi connectivity index (χ0) is 16.6. The van der Waals surface area contributed by atoms with Crippen molar-refractivity contribution in [1.82, 2.24) is 0 Å². The van der Waals surface area contributed by atoms with Gasteiger partial charge in [0.25, 0.3) is 0 Å². The van der Waals surface area contributed by atoms with Crippen LogP contribution in [0.1, 0.15) is 58.3 Å². The topological polar surface area (TPSA) is 82.4 Å². The van der Waals surface area contributed by atoms with Crippen molar-refractivity contribution in [2.24, 2.45) is 0 Å². The van der Waals surface area contributed by atoms with Crippen molar-refractivity contribution in [3.63, 3.8) is 0 Å². The summed E-state index contributed by atoms with van der Waals surface area (Å²) in [6.45, 7) is 2.09. The first-order chi connectivity index (χ1) is 9.52. The minimum absolute atomic E-state index is 0.104. The fourth-order valence-corrected chi connectivity index (χ4v) is 4.05. The van der Waals surface area contributed by atoms with E-state index < -0.39 is 31.3 Å². The summed E-state index contributed by atoms with van der Waals surface area (Å²) in [5.74, 6) is -0.683. The van der Waals surface area contributed by atoms with Gasteiger partial charge >= 0.3 is 5.51 Å². The van der Waals surface area contributed by atoms with Gasteiger partial charge in [0, 0.05) is 5.75 Å². The molecule has 0 aromatic rings. The SMILES string of the molecule is CCCCCCCCCCS(=O)(=O)[N-]S(=O)(=O)C(F)(F)F. The van der Waals surface area contributed by atoms with E-state index in [1.165, 1.54) is 0 Å². The molecule has 21 heavy (non-hydrogen) atoms. The maximum atomic E-state index is 12.0. The predicted molar refractivity (Wildman–Crippen MR) is 74.7 cm³/mol. The van der Waals surface area contributed by atoms with E-state index in [9.17, 15) is 30.0 Å². The normalized spacial score (nSPS) is 13.5. The standard InChI is InChI=1S/C11H21F3NO4S2/c1-2-3-4-5-6-7-8-9-10-20(16,17)15-21(18,19)11(12,13)14/h2-10H2,1H3/q-1. The first-order valence-electron chi connectivity index (χ1n) is 6.80. The second kappa shape index (κ2) is 8.94. The van der Waals surface area contributed by atoms with Gasteiger partial charge in [0.05, 0.1) is 10.0 Å². The lowest BCUT2D eigenvalue weighted by molar-refractivity contribution is -0.0425. The number of alkyl halides is 3. The van der Waals surface area contributed by atoms with Crippen molar-refractivity contribution in [3.8, 4) is 0 Å². The summed E-state index contributed by atoms with van der Waals surface area (Å²) in [5.41, 5.74) is -5.68. The summed E-state index contributed by atoms with van der Waals surface area (Å²) in [6.07, 6.45) is 6.72. The second-order valence-corrected chi connectivity index (χ2v) is 8.34. The maximum absolute atomic E-state index is 12.0. The van der Waals surface area contributed by atoms with E-state index in [0.717, 1.165) is 38.5 Å². The molecule has 0 amide bonds. The maximum Gasteiger partial charge on any atom is 0.480 e. The Kier molecular flexibility index (Phi) is 8.79. The van der Waals surface area contributed by atoms with Gasteiger partial charge in [-0.05, 0) is 6.42 Å². The summed E-state index contributed by atoms with van der Waals surface area (Å²) in [5, 5.41) is 0. The first kappa shape index (κ1) is 20.6. The zero-order valence-corrected chi connectivity index (χ0v) is 13.5. The predicted octanol–water partition coefficient (Wildman–Crippen LogP) is 3.68. The van der Waals surface area contributed by atoms with Gasteiger partial charge in [0.15, 0.2) is 10.0 Å². The van der Waals surface area contributed by atoms with Crippen LogP contribution in [0.25, 0.3) is 4.13 Å². The molecule has 0 saturated carbocycles. The molecule has 5 nitrogen and oxygen atoms in total. The Balaban J connectivity index is 4.00. The average Bonchev–Trinajstić information content (AvgIpc) is 2.29. The van der Waals surface area contributed by atoms with Gasteiger partial charge in [-0.1, -0.05) is 51.9 Å². The molecule has 0 aromatic carbocycles. The number of sulfonamides is 2. The molecular formula is C11H21F3NO4S2-. The van der Waals surface area contributed by atoms with Crippen LogP contribution >= 0.6 is 0 Å². The highest BCUT2D eigenvalue weighted by Crippen LogP contribution is 2.30. The Morgan fingerprint density at radius 1 is 0.810 bits per heavy atom. The highest BCUT2D eigenvalue weighted by molar-refractivity contribution is 8.12. The Labute approximate surface area is 124 Å². The molecule has 0 aliphatic heterocycles. The minimum atomic E-state index is -5.98. The van der Waals surface area contributed by atoms with Crippen molar-refractivity contribution in [2.45, 2.75) is 63.8 Å². The average molecular weight is 352 g/mol. The number of unbranched alkanes of at least 4 members (excludes halogenated alkanes) is 7. The van der Waals surface area contributed by atoms with Crippen molar-refractivity contribution in [1.29, 1.82) is 0 Å². The van der Waals surface area contributed by atoms with Crippen molar-refractivity contribution < 1.29 is 30.0 Å². The van der Waals surface area contributed by atoms with Gasteiger partial charge in [-0.15, -0.1) is 0 Å². The van der Waals surface area contributed by atoms with Crippen LogP contribution in [0.4, 0.5) is 13.2 Å². The molecule has 128 valence electrons. The Hall–Kier alpha value is -0.350. The van der Waals surface area contributed by atoms with Crippen LogP contribution in [-0.2, 0) is 20.0 Å². The second-order valence-electron chi connectivity index (χ2n) is 4.76. The number of hydrogen-bond donors (Lipinski definition) is 0. The third-order valence-corrected chi connectivity index (χ3v) is 5.84. The van der Waals surface area contributed by atoms with Gasteiger partial charge in [0.1, 0.15) is 0 Å². The summed E-state index contributed by atoms with van der Waals surface area (Å²) in [7, 11) is -10.6. The molecule has 0 unspecified atom stereocenters. The molecule has 0 spiro atoms. The van der Waals surface area contributed by atoms with Gasteiger partial charge < -0.3 is 4.13 Å². The molecule has 0 atom stereocenters. The number of nitrogens with zero attached hydrogens (tertiary/aromatic N) is 1. The van der Waals surface area contributed by atoms with Crippen LogP contribution in [0, 0.1) is 0 Å². The van der Waals surface area contributed by atoms with Crippen molar-refractivity contribution in [2.75, 3.05) is 5.75 Å². The Bertz CT molecular complexity index is 486. The van der Waals surface area contributed by atoms with Crippen LogP contribution in [0.15, 0.2) is 0 Å². The van der Waals surface area contributed by atoms with Crippen LogP contribution in [0.3, 0.4) is 0 Å². The fourth-order valence-electron chi connectivity index (χ4n) is 1.65. The molecule has 0 radical (unpaired) electrons. The van der Waals surface area contributed by atoms with Gasteiger partial charge in [-0.2, -0.15) is 13.2 Å². The van der Waals surface area contributed by atoms with E-state index in [4.69, 9.17) is 0 Å². The molecule has 0 aliphatic rings. The molecule has 0 heterocycles. The number of hydrogen-bond acceptors (Lipinski definition) is 4. The van der Waals surface area contributed by atoms with E-state index in [-0.39, 0.29) is 6.42 Å². The lowest BCUT2D eigenvalue weighted by Crippen LogP contribution is -2.25. The molecule has 0 bridgehead atoms. The summed E-state index contributed by atoms with van der Waals surface area (Å²) >= 11 is 0. The highest BCUT2D eigenvalue weighted by atomic mass is 32.3. The van der Waals surface area contributed by atoms with Crippen LogP contribution < -0.4 is 0 Å². The third-order valence-electron chi connectivity index (χ3n) is 2.76. The molecule has 0 saturated heterocycles. The minimum Gasteiger partial charge on any atom is -0.428 e. The van der Waals surface area contributed by atoms with Crippen molar-refractivity contribution >= 4 is 20.0 Å². The number of halogens is 3. The van der Waals surface area contributed by atoms with Gasteiger partial charge in [-0.25, -0.2) is 16.8 Å². The Morgan fingerprint density at radius 2 is 1.24 bits per heavy atom. The lowest BCUT2D eigenvalue weighted by Gasteiger charge is -2.21. The van der Waals surface area contributed by atoms with E-state index in [1.807, 2.05) is 4.13 Å². The molecule has 0 N–H and O–H groups in total. The fraction of sp³-hybridized carbons (Fsp3) is 1.00. The van der Waals surface area contributed by atoms with Gasteiger partial charge in [-0.3, -0.25) is 0 Å². The molecule has 10 heteroatoms. The Morgan fingerprint density at radius 3 is 1.67 bits per heavy atom.